The summed E-state index contributed by atoms with van der Waals surface area (Å²) in [5.74, 6) is 0.519. The molecule has 0 fully saturated rings. The van der Waals surface area contributed by atoms with Crippen LogP contribution in [-0.4, -0.2) is 20.9 Å². The van der Waals surface area contributed by atoms with E-state index in [0.29, 0.717) is 12.2 Å². The molecule has 0 saturated carbocycles. The molecular weight excluding hydrogens is 168 g/mol. The molecule has 0 aliphatic heterocycles. The number of aromatic nitrogens is 3. The van der Waals surface area contributed by atoms with Crippen LogP contribution in [0, 0.1) is 0 Å². The van der Waals surface area contributed by atoms with Gasteiger partial charge in [-0.2, -0.15) is 0 Å². The summed E-state index contributed by atoms with van der Waals surface area (Å²) in [5.41, 5.74) is 0. The van der Waals surface area contributed by atoms with Crippen molar-refractivity contribution in [2.24, 2.45) is 7.05 Å². The van der Waals surface area contributed by atoms with E-state index in [1.807, 2.05) is 0 Å². The fourth-order valence-corrected chi connectivity index (χ4v) is 0.947. The van der Waals surface area contributed by atoms with E-state index in [1.165, 1.54) is 0 Å². The summed E-state index contributed by atoms with van der Waals surface area (Å²) in [7, 11) is 1.76. The van der Waals surface area contributed by atoms with E-state index in [9.17, 15) is 4.79 Å². The first-order chi connectivity index (χ1) is 6.22. The zero-order valence-electron chi connectivity index (χ0n) is 7.95. The molecule has 0 aliphatic carbocycles. The highest BCUT2D eigenvalue weighted by Gasteiger charge is 2.03. The van der Waals surface area contributed by atoms with Gasteiger partial charge < -0.3 is 5.32 Å². The molecule has 5 heteroatoms. The first-order valence-corrected chi connectivity index (χ1v) is 4.38. The Bertz CT molecular complexity index is 281. The highest BCUT2D eigenvalue weighted by atomic mass is 16.1. The summed E-state index contributed by atoms with van der Waals surface area (Å²) in [6.07, 6.45) is 4.15. The molecule has 0 saturated heterocycles. The number of nitrogens with one attached hydrogen (secondary N) is 1. The minimum atomic E-state index is 0.00218. The summed E-state index contributed by atoms with van der Waals surface area (Å²) in [6, 6.07) is 0. The van der Waals surface area contributed by atoms with Crippen LogP contribution in [0.15, 0.2) is 6.20 Å². The van der Waals surface area contributed by atoms with E-state index in [2.05, 4.69) is 22.6 Å². The van der Waals surface area contributed by atoms with Gasteiger partial charge in [0, 0.05) is 13.5 Å². The van der Waals surface area contributed by atoms with Crippen LogP contribution in [-0.2, 0) is 11.8 Å². The van der Waals surface area contributed by atoms with Crippen LogP contribution in [0.3, 0.4) is 0 Å². The third-order valence-corrected chi connectivity index (χ3v) is 1.63. The quantitative estimate of drug-likeness (QED) is 0.754. The Morgan fingerprint density at radius 1 is 1.69 bits per heavy atom. The molecule has 5 nitrogen and oxygen atoms in total. The van der Waals surface area contributed by atoms with Crippen LogP contribution in [0.25, 0.3) is 0 Å². The van der Waals surface area contributed by atoms with Gasteiger partial charge in [0.25, 0.3) is 0 Å². The second kappa shape index (κ2) is 4.59. The van der Waals surface area contributed by atoms with Crippen LogP contribution in [0.1, 0.15) is 26.2 Å². The maximum absolute atomic E-state index is 11.2. The van der Waals surface area contributed by atoms with Crippen molar-refractivity contribution in [1.82, 2.24) is 15.0 Å². The molecule has 1 aromatic heterocycles. The van der Waals surface area contributed by atoms with Gasteiger partial charge in [0.05, 0.1) is 6.20 Å². The van der Waals surface area contributed by atoms with Crippen molar-refractivity contribution >= 4 is 11.7 Å². The molecule has 0 bridgehead atoms. The van der Waals surface area contributed by atoms with Crippen molar-refractivity contribution in [3.05, 3.63) is 6.20 Å². The van der Waals surface area contributed by atoms with Gasteiger partial charge in [0.2, 0.25) is 5.91 Å². The van der Waals surface area contributed by atoms with Crippen LogP contribution in [0.2, 0.25) is 0 Å². The Morgan fingerprint density at radius 2 is 2.46 bits per heavy atom. The Kier molecular flexibility index (Phi) is 3.42. The standard InChI is InChI=1S/C8H14N4O/c1-3-4-5-8(13)9-7-6-12(2)11-10-7/h6H,3-5H2,1-2H3,(H,9,13). The summed E-state index contributed by atoms with van der Waals surface area (Å²) < 4.78 is 1.55. The minimum absolute atomic E-state index is 0.00218. The summed E-state index contributed by atoms with van der Waals surface area (Å²) in [5, 5.41) is 10.1. The van der Waals surface area contributed by atoms with E-state index in [1.54, 1.807) is 17.9 Å². The van der Waals surface area contributed by atoms with Crippen molar-refractivity contribution in [2.45, 2.75) is 26.2 Å². The van der Waals surface area contributed by atoms with Crippen molar-refractivity contribution in [1.29, 1.82) is 0 Å². The normalized spacial score (nSPS) is 10.0. The lowest BCUT2D eigenvalue weighted by atomic mass is 10.2. The number of rotatable bonds is 4. The number of carbonyl (C=O) groups is 1. The average Bonchev–Trinajstić information content (AvgIpc) is 2.48. The van der Waals surface area contributed by atoms with Gasteiger partial charge in [-0.05, 0) is 6.42 Å². The highest BCUT2D eigenvalue weighted by Crippen LogP contribution is 2.01. The van der Waals surface area contributed by atoms with Crippen molar-refractivity contribution in [3.63, 3.8) is 0 Å². The minimum Gasteiger partial charge on any atom is -0.308 e. The Labute approximate surface area is 77.1 Å². The van der Waals surface area contributed by atoms with Gasteiger partial charge in [0.1, 0.15) is 0 Å². The smallest absolute Gasteiger partial charge is 0.225 e. The van der Waals surface area contributed by atoms with E-state index >= 15 is 0 Å². The fourth-order valence-electron chi connectivity index (χ4n) is 0.947. The maximum Gasteiger partial charge on any atom is 0.225 e. The van der Waals surface area contributed by atoms with Crippen LogP contribution >= 0.6 is 0 Å². The number of hydrogen-bond acceptors (Lipinski definition) is 3. The van der Waals surface area contributed by atoms with E-state index in [4.69, 9.17) is 0 Å². The summed E-state index contributed by atoms with van der Waals surface area (Å²) >= 11 is 0. The van der Waals surface area contributed by atoms with Gasteiger partial charge >= 0.3 is 0 Å². The molecule has 0 aliphatic rings. The second-order valence-corrected chi connectivity index (χ2v) is 2.93. The Hall–Kier alpha value is -1.39. The SMILES string of the molecule is CCCCC(=O)Nc1cn(C)nn1. The number of hydrogen-bond donors (Lipinski definition) is 1. The van der Waals surface area contributed by atoms with Crippen molar-refractivity contribution in [2.75, 3.05) is 5.32 Å². The molecule has 0 radical (unpaired) electrons. The molecule has 1 N–H and O–H groups in total. The molecule has 0 unspecified atom stereocenters. The maximum atomic E-state index is 11.2. The summed E-state index contributed by atoms with van der Waals surface area (Å²) in [4.78, 5) is 11.2. The molecule has 1 rings (SSSR count). The topological polar surface area (TPSA) is 59.8 Å². The molecule has 72 valence electrons. The number of unbranched alkanes of at least 4 members (excludes halogenated alkanes) is 1. The molecule has 1 heterocycles. The number of anilines is 1. The second-order valence-electron chi connectivity index (χ2n) is 2.93. The lowest BCUT2D eigenvalue weighted by Gasteiger charge is -1.98. The predicted molar refractivity (Wildman–Crippen MR) is 49.2 cm³/mol. The third kappa shape index (κ3) is 3.23. The third-order valence-electron chi connectivity index (χ3n) is 1.63. The average molecular weight is 182 g/mol. The zero-order chi connectivity index (χ0) is 9.68. The van der Waals surface area contributed by atoms with Crippen LogP contribution in [0.5, 0.6) is 0 Å². The van der Waals surface area contributed by atoms with E-state index in [-0.39, 0.29) is 5.91 Å². The molecule has 0 spiro atoms. The van der Waals surface area contributed by atoms with E-state index < -0.39 is 0 Å². The molecule has 0 aromatic carbocycles. The first-order valence-electron chi connectivity index (χ1n) is 4.38. The molecule has 0 atom stereocenters. The Balaban J connectivity index is 2.36. The number of aryl methyl sites for hydroxylation is 1. The number of carbonyl (C=O) groups excluding carboxylic acids is 1. The predicted octanol–water partition coefficient (Wildman–Crippen LogP) is 0.944. The highest BCUT2D eigenvalue weighted by molar-refractivity contribution is 5.89. The van der Waals surface area contributed by atoms with Crippen LogP contribution in [0.4, 0.5) is 5.82 Å². The van der Waals surface area contributed by atoms with E-state index in [0.717, 1.165) is 12.8 Å². The van der Waals surface area contributed by atoms with Crippen molar-refractivity contribution < 1.29 is 4.79 Å². The van der Waals surface area contributed by atoms with Gasteiger partial charge in [-0.15, -0.1) is 5.10 Å². The lowest BCUT2D eigenvalue weighted by Crippen LogP contribution is -2.11. The first kappa shape index (κ1) is 9.70. The molecule has 1 amide bonds. The zero-order valence-corrected chi connectivity index (χ0v) is 7.95. The molecule has 13 heavy (non-hydrogen) atoms. The van der Waals surface area contributed by atoms with Gasteiger partial charge in [0.15, 0.2) is 5.82 Å². The van der Waals surface area contributed by atoms with Gasteiger partial charge in [-0.25, -0.2) is 0 Å². The molecular formula is C8H14N4O. The monoisotopic (exact) mass is 182 g/mol. The fraction of sp³-hybridized carbons (Fsp3) is 0.625. The van der Waals surface area contributed by atoms with Crippen molar-refractivity contribution in [3.8, 4) is 0 Å². The van der Waals surface area contributed by atoms with Gasteiger partial charge in [-0.1, -0.05) is 18.6 Å². The number of amides is 1. The molecule has 1 aromatic rings. The van der Waals surface area contributed by atoms with Crippen LogP contribution < -0.4 is 5.32 Å². The Morgan fingerprint density at radius 3 is 3.00 bits per heavy atom. The largest absolute Gasteiger partial charge is 0.308 e. The lowest BCUT2D eigenvalue weighted by molar-refractivity contribution is -0.116. The number of nitrogens with zero attached hydrogens (tertiary/aromatic N) is 3. The van der Waals surface area contributed by atoms with Gasteiger partial charge in [-0.3, -0.25) is 9.48 Å². The summed E-state index contributed by atoms with van der Waals surface area (Å²) in [6.45, 7) is 2.05.